The molecule has 0 bridgehead atoms. The van der Waals surface area contributed by atoms with E-state index in [1.165, 1.54) is 12.8 Å². The molecule has 3 rings (SSSR count). The lowest BCUT2D eigenvalue weighted by atomic mass is 9.98. The molecule has 1 unspecified atom stereocenters. The van der Waals surface area contributed by atoms with Crippen molar-refractivity contribution in [2.75, 3.05) is 13.1 Å². The fourth-order valence-electron chi connectivity index (χ4n) is 3.11. The molecule has 120 valence electrons. The predicted octanol–water partition coefficient (Wildman–Crippen LogP) is 1.75. The maximum Gasteiger partial charge on any atom is 0.230 e. The molecule has 0 aromatic carbocycles. The molecule has 0 aliphatic carbocycles. The molecule has 22 heavy (non-hydrogen) atoms. The lowest BCUT2D eigenvalue weighted by Gasteiger charge is -2.31. The van der Waals surface area contributed by atoms with Crippen molar-refractivity contribution in [3.8, 4) is 0 Å². The molecule has 7 heteroatoms. The zero-order chi connectivity index (χ0) is 15.5. The smallest absolute Gasteiger partial charge is 0.230 e. The first-order chi connectivity index (χ1) is 10.6. The first-order valence-corrected chi connectivity index (χ1v) is 8.05. The number of piperidine rings is 1. The van der Waals surface area contributed by atoms with Gasteiger partial charge in [-0.25, -0.2) is 9.67 Å². The van der Waals surface area contributed by atoms with Gasteiger partial charge in [0.2, 0.25) is 11.8 Å². The van der Waals surface area contributed by atoms with Gasteiger partial charge in [0, 0.05) is 19.5 Å². The first kappa shape index (κ1) is 15.1. The highest BCUT2D eigenvalue weighted by atomic mass is 16.4. The zero-order valence-electron chi connectivity index (χ0n) is 13.6. The Balaban J connectivity index is 1.58. The van der Waals surface area contributed by atoms with E-state index >= 15 is 0 Å². The van der Waals surface area contributed by atoms with Gasteiger partial charge < -0.3 is 4.42 Å². The van der Waals surface area contributed by atoms with Crippen LogP contribution in [0.5, 0.6) is 0 Å². The Labute approximate surface area is 130 Å². The molecular formula is C15H24N6O. The quantitative estimate of drug-likeness (QED) is 0.838. The third-order valence-corrected chi connectivity index (χ3v) is 4.17. The zero-order valence-corrected chi connectivity index (χ0v) is 13.6. The maximum absolute atomic E-state index is 5.62. The summed E-state index contributed by atoms with van der Waals surface area (Å²) >= 11 is 0. The van der Waals surface area contributed by atoms with E-state index in [0.717, 1.165) is 56.0 Å². The molecule has 1 fully saturated rings. The number of hydrogen-bond acceptors (Lipinski definition) is 6. The summed E-state index contributed by atoms with van der Waals surface area (Å²) in [5, 5.41) is 12.6. The summed E-state index contributed by atoms with van der Waals surface area (Å²) in [7, 11) is 0. The average Bonchev–Trinajstić information content (AvgIpc) is 3.06. The number of aryl methyl sites for hydroxylation is 3. The first-order valence-electron chi connectivity index (χ1n) is 8.05. The second-order valence-corrected chi connectivity index (χ2v) is 6.07. The van der Waals surface area contributed by atoms with E-state index < -0.39 is 0 Å². The summed E-state index contributed by atoms with van der Waals surface area (Å²) in [4.78, 5) is 6.78. The molecule has 7 nitrogen and oxygen atoms in total. The van der Waals surface area contributed by atoms with Crippen molar-refractivity contribution in [2.45, 2.75) is 53.1 Å². The van der Waals surface area contributed by atoms with E-state index in [0.29, 0.717) is 5.92 Å². The van der Waals surface area contributed by atoms with E-state index in [4.69, 9.17) is 4.42 Å². The minimum Gasteiger partial charge on any atom is -0.424 e. The molecule has 2 aromatic heterocycles. The lowest BCUT2D eigenvalue weighted by Crippen LogP contribution is -2.37. The van der Waals surface area contributed by atoms with Crippen LogP contribution in [-0.4, -0.2) is 43.0 Å². The molecule has 1 aliphatic heterocycles. The normalized spacial score (nSPS) is 19.7. The van der Waals surface area contributed by atoms with Crippen LogP contribution < -0.4 is 0 Å². The van der Waals surface area contributed by atoms with Gasteiger partial charge in [-0.2, -0.15) is 5.10 Å². The van der Waals surface area contributed by atoms with Crippen molar-refractivity contribution >= 4 is 0 Å². The highest BCUT2D eigenvalue weighted by Crippen LogP contribution is 2.20. The van der Waals surface area contributed by atoms with Gasteiger partial charge in [0.15, 0.2) is 0 Å². The van der Waals surface area contributed by atoms with Crippen LogP contribution in [0.2, 0.25) is 0 Å². The summed E-state index contributed by atoms with van der Waals surface area (Å²) < 4.78 is 7.65. The molecule has 1 aliphatic rings. The fraction of sp³-hybridized carbons (Fsp3) is 0.733. The second kappa shape index (κ2) is 6.56. The largest absolute Gasteiger partial charge is 0.424 e. The molecule has 0 radical (unpaired) electrons. The minimum atomic E-state index is 0.599. The number of nitrogens with zero attached hydrogens (tertiary/aromatic N) is 6. The van der Waals surface area contributed by atoms with E-state index in [9.17, 15) is 0 Å². The Bertz CT molecular complexity index is 619. The van der Waals surface area contributed by atoms with Crippen LogP contribution in [0.1, 0.15) is 43.2 Å². The van der Waals surface area contributed by atoms with Crippen molar-refractivity contribution in [1.82, 2.24) is 29.9 Å². The topological polar surface area (TPSA) is 72.9 Å². The van der Waals surface area contributed by atoms with Crippen LogP contribution in [0.25, 0.3) is 0 Å². The molecular weight excluding hydrogens is 280 g/mol. The molecule has 0 N–H and O–H groups in total. The van der Waals surface area contributed by atoms with Crippen LogP contribution in [0.4, 0.5) is 0 Å². The SMILES string of the molecule is CCc1nnc(CN2CCCC(Cn3nc(C)nc3C)C2)o1. The van der Waals surface area contributed by atoms with Crippen LogP contribution in [0.3, 0.4) is 0 Å². The van der Waals surface area contributed by atoms with Crippen molar-refractivity contribution in [3.05, 3.63) is 23.4 Å². The van der Waals surface area contributed by atoms with Crippen molar-refractivity contribution < 1.29 is 4.42 Å². The van der Waals surface area contributed by atoms with Gasteiger partial charge in [0.05, 0.1) is 6.54 Å². The summed E-state index contributed by atoms with van der Waals surface area (Å²) in [5.74, 6) is 3.90. The van der Waals surface area contributed by atoms with Gasteiger partial charge >= 0.3 is 0 Å². The maximum atomic E-state index is 5.62. The third-order valence-electron chi connectivity index (χ3n) is 4.17. The highest BCUT2D eigenvalue weighted by Gasteiger charge is 2.22. The van der Waals surface area contributed by atoms with E-state index in [1.807, 2.05) is 25.5 Å². The van der Waals surface area contributed by atoms with Gasteiger partial charge in [0.25, 0.3) is 0 Å². The van der Waals surface area contributed by atoms with Crippen LogP contribution in [0.15, 0.2) is 4.42 Å². The lowest BCUT2D eigenvalue weighted by molar-refractivity contribution is 0.141. The average molecular weight is 304 g/mol. The van der Waals surface area contributed by atoms with Crippen LogP contribution in [-0.2, 0) is 19.5 Å². The van der Waals surface area contributed by atoms with Gasteiger partial charge in [-0.1, -0.05) is 6.92 Å². The second-order valence-electron chi connectivity index (χ2n) is 6.07. The molecule has 0 spiro atoms. The number of likely N-dealkylation sites (tertiary alicyclic amines) is 1. The van der Waals surface area contributed by atoms with Gasteiger partial charge in [0.1, 0.15) is 11.6 Å². The third kappa shape index (κ3) is 3.52. The molecule has 3 heterocycles. The molecule has 0 amide bonds. The Morgan fingerprint density at radius 3 is 2.73 bits per heavy atom. The van der Waals surface area contributed by atoms with Crippen LogP contribution in [0, 0.1) is 19.8 Å². The summed E-state index contributed by atoms with van der Waals surface area (Å²) in [6.45, 7) is 9.81. The summed E-state index contributed by atoms with van der Waals surface area (Å²) in [6.07, 6.45) is 3.23. The van der Waals surface area contributed by atoms with E-state index in [1.54, 1.807) is 0 Å². The fourth-order valence-corrected chi connectivity index (χ4v) is 3.11. The summed E-state index contributed by atoms with van der Waals surface area (Å²) in [5.41, 5.74) is 0. The molecule has 0 saturated carbocycles. The Hall–Kier alpha value is -1.76. The van der Waals surface area contributed by atoms with Gasteiger partial charge in [-0.05, 0) is 39.2 Å². The Kier molecular flexibility index (Phi) is 4.52. The number of hydrogen-bond donors (Lipinski definition) is 0. The number of rotatable bonds is 5. The van der Waals surface area contributed by atoms with Gasteiger partial charge in [-0.3, -0.25) is 4.90 Å². The summed E-state index contributed by atoms with van der Waals surface area (Å²) in [6, 6.07) is 0. The Morgan fingerprint density at radius 1 is 1.23 bits per heavy atom. The molecule has 2 aromatic rings. The van der Waals surface area contributed by atoms with Gasteiger partial charge in [-0.15, -0.1) is 10.2 Å². The van der Waals surface area contributed by atoms with E-state index in [-0.39, 0.29) is 0 Å². The molecule has 1 saturated heterocycles. The van der Waals surface area contributed by atoms with E-state index in [2.05, 4.69) is 25.2 Å². The Morgan fingerprint density at radius 2 is 2.05 bits per heavy atom. The van der Waals surface area contributed by atoms with Crippen molar-refractivity contribution in [3.63, 3.8) is 0 Å². The molecule has 1 atom stereocenters. The number of aromatic nitrogens is 5. The van der Waals surface area contributed by atoms with Crippen molar-refractivity contribution in [2.24, 2.45) is 5.92 Å². The van der Waals surface area contributed by atoms with Crippen LogP contribution >= 0.6 is 0 Å². The van der Waals surface area contributed by atoms with Crippen molar-refractivity contribution in [1.29, 1.82) is 0 Å². The predicted molar refractivity (Wildman–Crippen MR) is 81.2 cm³/mol. The monoisotopic (exact) mass is 304 g/mol. The highest BCUT2D eigenvalue weighted by molar-refractivity contribution is 4.89. The minimum absolute atomic E-state index is 0.599. The standard InChI is InChI=1S/C15H24N6O/c1-4-14-17-18-15(22-14)10-20-7-5-6-13(8-20)9-21-12(3)16-11(2)19-21/h13H,4-10H2,1-3H3.